The Balaban J connectivity index is 2.03. The lowest BCUT2D eigenvalue weighted by Crippen LogP contribution is -2.17. The number of ether oxygens (including phenoxy) is 2. The molecular formula is C19H17F3N2O5. The first-order valence-electron chi connectivity index (χ1n) is 8.44. The number of anilines is 1. The Morgan fingerprint density at radius 1 is 1.21 bits per heavy atom. The molecule has 154 valence electrons. The summed E-state index contributed by atoms with van der Waals surface area (Å²) in [6, 6.07) is 8.90. The molecule has 0 aliphatic heterocycles. The van der Waals surface area contributed by atoms with Crippen molar-refractivity contribution in [2.45, 2.75) is 19.7 Å². The van der Waals surface area contributed by atoms with Crippen LogP contribution < -0.4 is 14.8 Å². The van der Waals surface area contributed by atoms with Gasteiger partial charge in [0.05, 0.1) is 11.5 Å². The van der Waals surface area contributed by atoms with Crippen molar-refractivity contribution in [2.24, 2.45) is 0 Å². The molecule has 0 spiro atoms. The first-order valence-corrected chi connectivity index (χ1v) is 8.44. The Hall–Kier alpha value is -3.56. The van der Waals surface area contributed by atoms with E-state index in [1.165, 1.54) is 30.3 Å². The van der Waals surface area contributed by atoms with Crippen molar-refractivity contribution in [2.75, 3.05) is 11.9 Å². The smallest absolute Gasteiger partial charge is 0.487 e. The first kappa shape index (κ1) is 21.7. The van der Waals surface area contributed by atoms with Gasteiger partial charge in [-0.15, -0.1) is 13.2 Å². The highest BCUT2D eigenvalue weighted by atomic mass is 19.4. The summed E-state index contributed by atoms with van der Waals surface area (Å²) >= 11 is 0. The van der Waals surface area contributed by atoms with Crippen molar-refractivity contribution in [3.8, 4) is 11.5 Å². The molecule has 0 saturated heterocycles. The SMILES string of the molecule is CCCOc1ccc(/C=C/C(=O)Nc2ccc(OC(F)(F)F)cc2)cc1[N+](=O)[O-]. The lowest BCUT2D eigenvalue weighted by atomic mass is 10.1. The maximum Gasteiger partial charge on any atom is 0.573 e. The van der Waals surface area contributed by atoms with Gasteiger partial charge in [-0.2, -0.15) is 0 Å². The molecule has 0 aliphatic rings. The van der Waals surface area contributed by atoms with E-state index in [0.29, 0.717) is 18.6 Å². The van der Waals surface area contributed by atoms with E-state index in [1.807, 2.05) is 6.92 Å². The van der Waals surface area contributed by atoms with Crippen LogP contribution in [0.2, 0.25) is 0 Å². The number of nitro groups is 1. The van der Waals surface area contributed by atoms with Crippen LogP contribution >= 0.6 is 0 Å². The predicted molar refractivity (Wildman–Crippen MR) is 99.7 cm³/mol. The summed E-state index contributed by atoms with van der Waals surface area (Å²) in [5.41, 5.74) is 0.439. The van der Waals surface area contributed by atoms with Gasteiger partial charge in [-0.3, -0.25) is 14.9 Å². The average molecular weight is 410 g/mol. The van der Waals surface area contributed by atoms with Crippen molar-refractivity contribution in [1.29, 1.82) is 0 Å². The Labute approximate surface area is 163 Å². The quantitative estimate of drug-likeness (QED) is 0.378. The van der Waals surface area contributed by atoms with Crippen LogP contribution in [0.15, 0.2) is 48.5 Å². The van der Waals surface area contributed by atoms with E-state index in [1.54, 1.807) is 6.07 Å². The molecule has 0 heterocycles. The molecule has 0 aromatic heterocycles. The highest BCUT2D eigenvalue weighted by Crippen LogP contribution is 2.28. The summed E-state index contributed by atoms with van der Waals surface area (Å²) in [6.07, 6.45) is -1.59. The summed E-state index contributed by atoms with van der Waals surface area (Å²) in [4.78, 5) is 22.6. The number of hydrogen-bond acceptors (Lipinski definition) is 5. The topological polar surface area (TPSA) is 90.7 Å². The normalized spacial score (nSPS) is 11.3. The number of alkyl halides is 3. The van der Waals surface area contributed by atoms with Gasteiger partial charge >= 0.3 is 12.0 Å². The van der Waals surface area contributed by atoms with Crippen LogP contribution in [0, 0.1) is 10.1 Å². The lowest BCUT2D eigenvalue weighted by molar-refractivity contribution is -0.385. The number of benzene rings is 2. The van der Waals surface area contributed by atoms with E-state index < -0.39 is 22.9 Å². The number of nitrogens with one attached hydrogen (secondary N) is 1. The fraction of sp³-hybridized carbons (Fsp3) is 0.211. The van der Waals surface area contributed by atoms with Crippen molar-refractivity contribution < 1.29 is 32.4 Å². The number of rotatable bonds is 8. The maximum atomic E-state index is 12.1. The molecule has 0 radical (unpaired) electrons. The minimum atomic E-state index is -4.80. The van der Waals surface area contributed by atoms with Crippen LogP contribution in [0.3, 0.4) is 0 Å². The van der Waals surface area contributed by atoms with Crippen molar-refractivity contribution >= 4 is 23.4 Å². The van der Waals surface area contributed by atoms with Gasteiger partial charge in [-0.25, -0.2) is 0 Å². The number of nitrogens with zero attached hydrogens (tertiary/aromatic N) is 1. The van der Waals surface area contributed by atoms with Gasteiger partial charge in [0.15, 0.2) is 5.75 Å². The summed E-state index contributed by atoms with van der Waals surface area (Å²) < 4.78 is 45.4. The lowest BCUT2D eigenvalue weighted by Gasteiger charge is -2.09. The minimum absolute atomic E-state index is 0.139. The van der Waals surface area contributed by atoms with E-state index in [-0.39, 0.29) is 17.1 Å². The number of carbonyl (C=O) groups excluding carboxylic acids is 1. The molecule has 29 heavy (non-hydrogen) atoms. The highest BCUT2D eigenvalue weighted by Gasteiger charge is 2.30. The van der Waals surface area contributed by atoms with Gasteiger partial charge in [0.25, 0.3) is 0 Å². The summed E-state index contributed by atoms with van der Waals surface area (Å²) in [5.74, 6) is -0.841. The monoisotopic (exact) mass is 410 g/mol. The molecule has 1 N–H and O–H groups in total. The summed E-state index contributed by atoms with van der Waals surface area (Å²) in [6.45, 7) is 2.21. The van der Waals surface area contributed by atoms with Crippen LogP contribution in [-0.4, -0.2) is 23.8 Å². The standard InChI is InChI=1S/C19H17F3N2O5/c1-2-11-28-17-9-3-13(12-16(17)24(26)27)4-10-18(25)23-14-5-7-15(8-6-14)29-19(20,21)22/h3-10,12H,2,11H2,1H3,(H,23,25)/b10-4+. The molecule has 0 bridgehead atoms. The van der Waals surface area contributed by atoms with Crippen LogP contribution in [0.5, 0.6) is 11.5 Å². The van der Waals surface area contributed by atoms with Gasteiger partial charge in [0.2, 0.25) is 5.91 Å². The number of halogens is 3. The molecule has 0 atom stereocenters. The second-order valence-electron chi connectivity index (χ2n) is 5.73. The van der Waals surface area contributed by atoms with E-state index in [2.05, 4.69) is 10.1 Å². The molecule has 0 fully saturated rings. The second-order valence-corrected chi connectivity index (χ2v) is 5.73. The van der Waals surface area contributed by atoms with Gasteiger partial charge < -0.3 is 14.8 Å². The number of hydrogen-bond donors (Lipinski definition) is 1. The van der Waals surface area contributed by atoms with Gasteiger partial charge in [-0.05, 0) is 48.4 Å². The van der Waals surface area contributed by atoms with Gasteiger partial charge in [-0.1, -0.05) is 13.0 Å². The molecule has 2 aromatic rings. The third-order valence-corrected chi connectivity index (χ3v) is 3.42. The third kappa shape index (κ3) is 7.17. The van der Waals surface area contributed by atoms with E-state index >= 15 is 0 Å². The van der Waals surface area contributed by atoms with E-state index in [4.69, 9.17) is 4.74 Å². The number of amides is 1. The molecule has 2 rings (SSSR count). The van der Waals surface area contributed by atoms with Crippen LogP contribution in [0.1, 0.15) is 18.9 Å². The molecule has 7 nitrogen and oxygen atoms in total. The molecule has 2 aromatic carbocycles. The molecular weight excluding hydrogens is 393 g/mol. The van der Waals surface area contributed by atoms with E-state index in [0.717, 1.165) is 18.2 Å². The summed E-state index contributed by atoms with van der Waals surface area (Å²) in [7, 11) is 0. The Morgan fingerprint density at radius 3 is 2.48 bits per heavy atom. The predicted octanol–water partition coefficient (Wildman–Crippen LogP) is 4.93. The minimum Gasteiger partial charge on any atom is -0.487 e. The fourth-order valence-electron chi connectivity index (χ4n) is 2.21. The number of nitro benzene ring substituents is 1. The third-order valence-electron chi connectivity index (χ3n) is 3.42. The maximum absolute atomic E-state index is 12.1. The van der Waals surface area contributed by atoms with Gasteiger partial charge in [0, 0.05) is 17.8 Å². The molecule has 0 aliphatic carbocycles. The van der Waals surface area contributed by atoms with Crippen LogP contribution in [-0.2, 0) is 4.79 Å². The zero-order valence-corrected chi connectivity index (χ0v) is 15.2. The number of carbonyl (C=O) groups is 1. The van der Waals surface area contributed by atoms with Crippen LogP contribution in [0.4, 0.5) is 24.5 Å². The zero-order chi connectivity index (χ0) is 21.4. The summed E-state index contributed by atoms with van der Waals surface area (Å²) in [5, 5.41) is 13.6. The molecule has 1 amide bonds. The van der Waals surface area contributed by atoms with Crippen LogP contribution in [0.25, 0.3) is 6.08 Å². The highest BCUT2D eigenvalue weighted by molar-refractivity contribution is 6.02. The Morgan fingerprint density at radius 2 is 1.90 bits per heavy atom. The largest absolute Gasteiger partial charge is 0.573 e. The van der Waals surface area contributed by atoms with Crippen molar-refractivity contribution in [3.63, 3.8) is 0 Å². The van der Waals surface area contributed by atoms with Crippen molar-refractivity contribution in [3.05, 3.63) is 64.2 Å². The average Bonchev–Trinajstić information content (AvgIpc) is 2.65. The Bertz CT molecular complexity index is 896. The van der Waals surface area contributed by atoms with Crippen molar-refractivity contribution in [1.82, 2.24) is 0 Å². The molecule has 10 heteroatoms. The fourth-order valence-corrected chi connectivity index (χ4v) is 2.21. The van der Waals surface area contributed by atoms with E-state index in [9.17, 15) is 28.1 Å². The first-order chi connectivity index (χ1) is 13.7. The Kier molecular flexibility index (Phi) is 7.18. The molecule has 0 saturated carbocycles. The second kappa shape index (κ2) is 9.58. The van der Waals surface area contributed by atoms with Gasteiger partial charge in [0.1, 0.15) is 5.75 Å². The molecule has 0 unspecified atom stereocenters. The zero-order valence-electron chi connectivity index (χ0n) is 15.2.